The van der Waals surface area contributed by atoms with Crippen molar-refractivity contribution in [1.82, 2.24) is 15.1 Å². The summed E-state index contributed by atoms with van der Waals surface area (Å²) < 4.78 is 6.90. The fourth-order valence-corrected chi connectivity index (χ4v) is 2.88. The second-order valence-corrected chi connectivity index (χ2v) is 6.19. The number of benzene rings is 1. The lowest BCUT2D eigenvalue weighted by molar-refractivity contribution is -0.121. The van der Waals surface area contributed by atoms with Crippen LogP contribution in [0, 0.1) is 0 Å². The first-order valence-electron chi connectivity index (χ1n) is 8.74. The summed E-state index contributed by atoms with van der Waals surface area (Å²) in [6.45, 7) is 1.78. The number of rotatable bonds is 7. The smallest absolute Gasteiger partial charge is 0.266 e. The Bertz CT molecular complexity index is 752. The van der Waals surface area contributed by atoms with E-state index in [-0.39, 0.29) is 17.6 Å². The van der Waals surface area contributed by atoms with Crippen LogP contribution in [0.1, 0.15) is 25.7 Å². The summed E-state index contributed by atoms with van der Waals surface area (Å²) in [6, 6.07) is 13.0. The molecule has 132 valence electrons. The number of nitrogens with one attached hydrogen (secondary N) is 1. The molecule has 1 fully saturated rings. The van der Waals surface area contributed by atoms with E-state index in [0.717, 1.165) is 30.7 Å². The van der Waals surface area contributed by atoms with Gasteiger partial charge in [0.15, 0.2) is 0 Å². The molecular formula is C19H23N3O3. The van der Waals surface area contributed by atoms with E-state index in [1.54, 1.807) is 6.07 Å². The average molecular weight is 341 g/mol. The molecule has 6 nitrogen and oxygen atoms in total. The first kappa shape index (κ1) is 17.4. The van der Waals surface area contributed by atoms with E-state index in [4.69, 9.17) is 4.74 Å². The SMILES string of the molecule is O=C(CCCn1nc(-c2ccccc2)ccc1=O)NCC1CCCO1. The fraction of sp³-hybridized carbons (Fsp3) is 0.421. The number of nitrogens with zero attached hydrogens (tertiary/aromatic N) is 2. The first-order valence-corrected chi connectivity index (χ1v) is 8.74. The number of hydrogen-bond donors (Lipinski definition) is 1. The molecule has 2 heterocycles. The van der Waals surface area contributed by atoms with Crippen molar-refractivity contribution in [2.24, 2.45) is 0 Å². The Labute approximate surface area is 146 Å². The monoisotopic (exact) mass is 341 g/mol. The van der Waals surface area contributed by atoms with Crippen LogP contribution < -0.4 is 10.9 Å². The maximum atomic E-state index is 12.0. The number of carbonyl (C=O) groups is 1. The molecule has 0 radical (unpaired) electrons. The molecule has 0 aliphatic carbocycles. The fourth-order valence-electron chi connectivity index (χ4n) is 2.88. The molecule has 1 saturated heterocycles. The van der Waals surface area contributed by atoms with E-state index in [1.165, 1.54) is 10.7 Å². The number of hydrogen-bond acceptors (Lipinski definition) is 4. The van der Waals surface area contributed by atoms with Crippen LogP contribution in [-0.4, -0.2) is 34.9 Å². The molecule has 1 N–H and O–H groups in total. The molecule has 1 aromatic heterocycles. The lowest BCUT2D eigenvalue weighted by Gasteiger charge is -2.11. The largest absolute Gasteiger partial charge is 0.376 e. The summed E-state index contributed by atoms with van der Waals surface area (Å²) in [7, 11) is 0. The van der Waals surface area contributed by atoms with Crippen molar-refractivity contribution in [3.05, 3.63) is 52.8 Å². The van der Waals surface area contributed by atoms with E-state index in [1.807, 2.05) is 30.3 Å². The molecule has 6 heteroatoms. The van der Waals surface area contributed by atoms with Gasteiger partial charge < -0.3 is 10.1 Å². The van der Waals surface area contributed by atoms with Gasteiger partial charge in [-0.25, -0.2) is 4.68 Å². The molecular weight excluding hydrogens is 318 g/mol. The van der Waals surface area contributed by atoms with Crippen molar-refractivity contribution in [3.63, 3.8) is 0 Å². The van der Waals surface area contributed by atoms with Crippen LogP contribution in [0.15, 0.2) is 47.3 Å². The maximum absolute atomic E-state index is 12.0. The molecule has 3 rings (SSSR count). The zero-order valence-corrected chi connectivity index (χ0v) is 14.2. The highest BCUT2D eigenvalue weighted by Crippen LogP contribution is 2.14. The summed E-state index contributed by atoms with van der Waals surface area (Å²) in [4.78, 5) is 23.9. The summed E-state index contributed by atoms with van der Waals surface area (Å²) in [5, 5.41) is 7.29. The zero-order valence-electron chi connectivity index (χ0n) is 14.2. The van der Waals surface area contributed by atoms with Gasteiger partial charge in [0.05, 0.1) is 11.8 Å². The lowest BCUT2D eigenvalue weighted by atomic mass is 10.1. The van der Waals surface area contributed by atoms with Crippen molar-refractivity contribution in [1.29, 1.82) is 0 Å². The van der Waals surface area contributed by atoms with Crippen molar-refractivity contribution >= 4 is 5.91 Å². The Morgan fingerprint density at radius 1 is 1.24 bits per heavy atom. The highest BCUT2D eigenvalue weighted by Gasteiger charge is 2.16. The Hall–Kier alpha value is -2.47. The molecule has 1 atom stereocenters. The molecule has 1 aliphatic heterocycles. The lowest BCUT2D eigenvalue weighted by Crippen LogP contribution is -2.32. The third-order valence-corrected chi connectivity index (χ3v) is 4.26. The predicted molar refractivity (Wildman–Crippen MR) is 95.2 cm³/mol. The standard InChI is InChI=1S/C19H23N3O3/c23-18(20-14-16-8-5-13-25-16)9-4-12-22-19(24)11-10-17(21-22)15-6-2-1-3-7-15/h1-3,6-7,10-11,16H,4-5,8-9,12-14H2,(H,20,23). The van der Waals surface area contributed by atoms with Crippen LogP contribution in [0.2, 0.25) is 0 Å². The zero-order chi connectivity index (χ0) is 17.5. The minimum atomic E-state index is -0.153. The molecule has 25 heavy (non-hydrogen) atoms. The first-order chi connectivity index (χ1) is 12.2. The van der Waals surface area contributed by atoms with Gasteiger partial charge in [0, 0.05) is 37.7 Å². The Balaban J connectivity index is 1.50. The van der Waals surface area contributed by atoms with Crippen LogP contribution in [0.3, 0.4) is 0 Å². The van der Waals surface area contributed by atoms with E-state index < -0.39 is 0 Å². The number of ether oxygens (including phenoxy) is 1. The quantitative estimate of drug-likeness (QED) is 0.836. The Kier molecular flexibility index (Phi) is 5.95. The van der Waals surface area contributed by atoms with Gasteiger partial charge >= 0.3 is 0 Å². The number of aromatic nitrogens is 2. The Morgan fingerprint density at radius 3 is 2.84 bits per heavy atom. The van der Waals surface area contributed by atoms with Crippen LogP contribution in [0.25, 0.3) is 11.3 Å². The summed E-state index contributed by atoms with van der Waals surface area (Å²) in [5.41, 5.74) is 1.56. The maximum Gasteiger partial charge on any atom is 0.266 e. The molecule has 0 saturated carbocycles. The van der Waals surface area contributed by atoms with Crippen molar-refractivity contribution in [2.45, 2.75) is 38.3 Å². The van der Waals surface area contributed by atoms with Gasteiger partial charge in [-0.2, -0.15) is 5.10 Å². The molecule has 1 aromatic carbocycles. The number of carbonyl (C=O) groups excluding carboxylic acids is 1. The van der Waals surface area contributed by atoms with E-state index in [9.17, 15) is 9.59 Å². The van der Waals surface area contributed by atoms with Crippen LogP contribution in [0.4, 0.5) is 0 Å². The average Bonchev–Trinajstić information content (AvgIpc) is 3.16. The van der Waals surface area contributed by atoms with Gasteiger partial charge in [0.2, 0.25) is 5.91 Å². The van der Waals surface area contributed by atoms with Crippen molar-refractivity contribution < 1.29 is 9.53 Å². The van der Waals surface area contributed by atoms with Crippen molar-refractivity contribution in [2.75, 3.05) is 13.2 Å². The van der Waals surface area contributed by atoms with Crippen LogP contribution in [0.5, 0.6) is 0 Å². The predicted octanol–water partition coefficient (Wildman–Crippen LogP) is 1.99. The van der Waals surface area contributed by atoms with Gasteiger partial charge in [-0.05, 0) is 25.3 Å². The highest BCUT2D eigenvalue weighted by molar-refractivity contribution is 5.75. The van der Waals surface area contributed by atoms with E-state index >= 15 is 0 Å². The third-order valence-electron chi connectivity index (χ3n) is 4.26. The van der Waals surface area contributed by atoms with Gasteiger partial charge in [0.25, 0.3) is 5.56 Å². The highest BCUT2D eigenvalue weighted by atomic mass is 16.5. The van der Waals surface area contributed by atoms with Crippen LogP contribution in [-0.2, 0) is 16.1 Å². The number of aryl methyl sites for hydroxylation is 1. The molecule has 0 spiro atoms. The van der Waals surface area contributed by atoms with E-state index in [0.29, 0.717) is 25.9 Å². The number of amides is 1. The molecule has 1 unspecified atom stereocenters. The molecule has 0 bridgehead atoms. The molecule has 1 amide bonds. The Morgan fingerprint density at radius 2 is 2.08 bits per heavy atom. The normalized spacial score (nSPS) is 16.7. The molecule has 1 aliphatic rings. The topological polar surface area (TPSA) is 73.2 Å². The second kappa shape index (κ2) is 8.58. The van der Waals surface area contributed by atoms with Gasteiger partial charge in [0.1, 0.15) is 0 Å². The van der Waals surface area contributed by atoms with Gasteiger partial charge in [-0.15, -0.1) is 0 Å². The minimum absolute atomic E-state index is 0.0113. The summed E-state index contributed by atoms with van der Waals surface area (Å²) in [6.07, 6.45) is 3.16. The van der Waals surface area contributed by atoms with Crippen molar-refractivity contribution in [3.8, 4) is 11.3 Å². The minimum Gasteiger partial charge on any atom is -0.376 e. The summed E-state index contributed by atoms with van der Waals surface area (Å²) >= 11 is 0. The van der Waals surface area contributed by atoms with Gasteiger partial charge in [-0.1, -0.05) is 30.3 Å². The second-order valence-electron chi connectivity index (χ2n) is 6.19. The third kappa shape index (κ3) is 5.00. The molecule has 2 aromatic rings. The van der Waals surface area contributed by atoms with E-state index in [2.05, 4.69) is 10.4 Å². The summed E-state index contributed by atoms with van der Waals surface area (Å²) in [5.74, 6) is -0.0113. The van der Waals surface area contributed by atoms with Gasteiger partial charge in [-0.3, -0.25) is 9.59 Å². The van der Waals surface area contributed by atoms with Crippen LogP contribution >= 0.6 is 0 Å².